The van der Waals surface area contributed by atoms with Gasteiger partial charge < -0.3 is 5.73 Å². The molecule has 2 nitrogen and oxygen atoms in total. The molecule has 1 heterocycles. The van der Waals surface area contributed by atoms with Gasteiger partial charge in [0.25, 0.3) is 0 Å². The lowest BCUT2D eigenvalue weighted by Gasteiger charge is -2.07. The highest BCUT2D eigenvalue weighted by molar-refractivity contribution is 7.99. The zero-order valence-corrected chi connectivity index (χ0v) is 8.97. The van der Waals surface area contributed by atoms with Crippen LogP contribution < -0.4 is 5.73 Å². The van der Waals surface area contributed by atoms with Gasteiger partial charge in [-0.3, -0.25) is 4.98 Å². The van der Waals surface area contributed by atoms with Crippen LogP contribution in [0.25, 0.3) is 0 Å². The molecule has 2 N–H and O–H groups in total. The number of thioether (sulfide) groups is 1. The summed E-state index contributed by atoms with van der Waals surface area (Å²) in [5, 5.41) is 0.528. The van der Waals surface area contributed by atoms with E-state index in [1.807, 2.05) is 24.2 Å². The van der Waals surface area contributed by atoms with E-state index in [0.717, 1.165) is 12.3 Å². The Kier molecular flexibility index (Phi) is 4.25. The molecule has 0 saturated heterocycles. The fraction of sp³-hybridized carbons (Fsp3) is 0.500. The Morgan fingerprint density at radius 1 is 1.54 bits per heavy atom. The summed E-state index contributed by atoms with van der Waals surface area (Å²) >= 11 is 1.87. The predicted molar refractivity (Wildman–Crippen MR) is 58.8 cm³/mol. The van der Waals surface area contributed by atoms with Crippen LogP contribution in [0.1, 0.15) is 18.1 Å². The van der Waals surface area contributed by atoms with E-state index >= 15 is 0 Å². The minimum atomic E-state index is 0.528. The van der Waals surface area contributed by atoms with Gasteiger partial charge in [0.1, 0.15) is 0 Å². The van der Waals surface area contributed by atoms with Gasteiger partial charge in [-0.2, -0.15) is 11.8 Å². The monoisotopic (exact) mass is 196 g/mol. The Balaban J connectivity index is 2.45. The lowest BCUT2D eigenvalue weighted by molar-refractivity contribution is 0.950. The Hall–Kier alpha value is -0.540. The van der Waals surface area contributed by atoms with Crippen molar-refractivity contribution in [3.8, 4) is 0 Å². The highest BCUT2D eigenvalue weighted by Gasteiger charge is 2.00. The van der Waals surface area contributed by atoms with E-state index in [0.29, 0.717) is 5.25 Å². The molecule has 0 amide bonds. The van der Waals surface area contributed by atoms with Gasteiger partial charge >= 0.3 is 0 Å². The normalized spacial score (nSPS) is 12.8. The summed E-state index contributed by atoms with van der Waals surface area (Å²) in [6, 6.07) is 2.17. The van der Waals surface area contributed by atoms with Crippen LogP contribution in [0.2, 0.25) is 0 Å². The second-order valence-corrected chi connectivity index (χ2v) is 4.65. The molecule has 0 aliphatic carbocycles. The Morgan fingerprint density at radius 2 is 2.31 bits per heavy atom. The van der Waals surface area contributed by atoms with Crippen LogP contribution >= 0.6 is 11.8 Å². The molecule has 13 heavy (non-hydrogen) atoms. The number of aryl methyl sites for hydroxylation is 1. The van der Waals surface area contributed by atoms with Crippen molar-refractivity contribution >= 4 is 11.8 Å². The van der Waals surface area contributed by atoms with Crippen LogP contribution in [-0.4, -0.2) is 16.8 Å². The molecule has 1 aromatic rings. The van der Waals surface area contributed by atoms with Crippen LogP contribution in [0.15, 0.2) is 18.5 Å². The average molecular weight is 196 g/mol. The summed E-state index contributed by atoms with van der Waals surface area (Å²) in [5.41, 5.74) is 8.03. The second kappa shape index (κ2) is 5.25. The standard InChI is InChI=1S/C10H16N2S/c1-8-3-10(6-12-5-8)7-13-9(2)4-11/h3,5-6,9H,4,7,11H2,1-2H3. The smallest absolute Gasteiger partial charge is 0.0308 e. The number of aromatic nitrogens is 1. The van der Waals surface area contributed by atoms with Crippen molar-refractivity contribution in [3.63, 3.8) is 0 Å². The summed E-state index contributed by atoms with van der Waals surface area (Å²) in [7, 11) is 0. The maximum Gasteiger partial charge on any atom is 0.0308 e. The van der Waals surface area contributed by atoms with Crippen molar-refractivity contribution in [2.45, 2.75) is 24.9 Å². The van der Waals surface area contributed by atoms with Crippen molar-refractivity contribution in [3.05, 3.63) is 29.6 Å². The zero-order chi connectivity index (χ0) is 9.68. The lowest BCUT2D eigenvalue weighted by atomic mass is 10.2. The number of hydrogen-bond donors (Lipinski definition) is 1. The summed E-state index contributed by atoms with van der Waals surface area (Å²) in [6.45, 7) is 4.95. The molecule has 1 atom stereocenters. The highest BCUT2D eigenvalue weighted by Crippen LogP contribution is 2.16. The third kappa shape index (κ3) is 3.79. The quantitative estimate of drug-likeness (QED) is 0.800. The van der Waals surface area contributed by atoms with Crippen LogP contribution in [0.3, 0.4) is 0 Å². The first-order valence-corrected chi connectivity index (χ1v) is 5.49. The Labute approximate surface area is 83.9 Å². The van der Waals surface area contributed by atoms with Gasteiger partial charge in [-0.25, -0.2) is 0 Å². The molecule has 0 aliphatic rings. The van der Waals surface area contributed by atoms with E-state index in [1.54, 1.807) is 0 Å². The van der Waals surface area contributed by atoms with Gasteiger partial charge in [-0.1, -0.05) is 13.0 Å². The Bertz CT molecular complexity index is 263. The van der Waals surface area contributed by atoms with Crippen molar-refractivity contribution < 1.29 is 0 Å². The number of nitrogens with zero attached hydrogens (tertiary/aromatic N) is 1. The summed E-state index contributed by atoms with van der Waals surface area (Å²) < 4.78 is 0. The van der Waals surface area contributed by atoms with Crippen LogP contribution in [0, 0.1) is 6.92 Å². The van der Waals surface area contributed by atoms with E-state index in [4.69, 9.17) is 5.73 Å². The number of rotatable bonds is 4. The van der Waals surface area contributed by atoms with Gasteiger partial charge in [0.2, 0.25) is 0 Å². The average Bonchev–Trinajstić information content (AvgIpc) is 2.14. The fourth-order valence-corrected chi connectivity index (χ4v) is 1.77. The summed E-state index contributed by atoms with van der Waals surface area (Å²) in [5.74, 6) is 1.01. The van der Waals surface area contributed by atoms with Crippen molar-refractivity contribution in [2.75, 3.05) is 6.54 Å². The molecule has 1 aromatic heterocycles. The molecular weight excluding hydrogens is 180 g/mol. The number of nitrogens with two attached hydrogens (primary N) is 1. The first-order valence-electron chi connectivity index (χ1n) is 4.44. The first-order chi connectivity index (χ1) is 6.22. The highest BCUT2D eigenvalue weighted by atomic mass is 32.2. The third-order valence-electron chi connectivity index (χ3n) is 1.80. The number of pyridine rings is 1. The van der Waals surface area contributed by atoms with Crippen LogP contribution in [0.4, 0.5) is 0 Å². The molecule has 1 unspecified atom stereocenters. The third-order valence-corrected chi connectivity index (χ3v) is 3.06. The Morgan fingerprint density at radius 3 is 2.92 bits per heavy atom. The largest absolute Gasteiger partial charge is 0.329 e. The van der Waals surface area contributed by atoms with Gasteiger partial charge in [0.15, 0.2) is 0 Å². The van der Waals surface area contributed by atoms with E-state index < -0.39 is 0 Å². The van der Waals surface area contributed by atoms with E-state index in [-0.39, 0.29) is 0 Å². The number of hydrogen-bond acceptors (Lipinski definition) is 3. The molecular formula is C10H16N2S. The van der Waals surface area contributed by atoms with Gasteiger partial charge in [-0.05, 0) is 18.1 Å². The minimum Gasteiger partial charge on any atom is -0.329 e. The zero-order valence-electron chi connectivity index (χ0n) is 8.16. The second-order valence-electron chi connectivity index (χ2n) is 3.23. The van der Waals surface area contributed by atoms with Crippen molar-refractivity contribution in [1.82, 2.24) is 4.98 Å². The minimum absolute atomic E-state index is 0.528. The van der Waals surface area contributed by atoms with E-state index in [9.17, 15) is 0 Å². The maximum atomic E-state index is 5.53. The molecule has 0 saturated carbocycles. The fourth-order valence-electron chi connectivity index (χ4n) is 1.00. The van der Waals surface area contributed by atoms with Crippen LogP contribution in [0.5, 0.6) is 0 Å². The van der Waals surface area contributed by atoms with Gasteiger partial charge in [-0.15, -0.1) is 0 Å². The van der Waals surface area contributed by atoms with Crippen molar-refractivity contribution in [2.24, 2.45) is 5.73 Å². The molecule has 0 bridgehead atoms. The molecule has 0 fully saturated rings. The SMILES string of the molecule is Cc1cncc(CSC(C)CN)c1. The maximum absolute atomic E-state index is 5.53. The molecule has 0 aromatic carbocycles. The topological polar surface area (TPSA) is 38.9 Å². The van der Waals surface area contributed by atoms with E-state index in [1.165, 1.54) is 11.1 Å². The van der Waals surface area contributed by atoms with Gasteiger partial charge in [0, 0.05) is 29.9 Å². The predicted octanol–water partition coefficient (Wildman–Crippen LogP) is 1.97. The molecule has 3 heteroatoms. The lowest BCUT2D eigenvalue weighted by Crippen LogP contribution is -2.12. The first kappa shape index (κ1) is 10.5. The molecule has 0 radical (unpaired) electrons. The molecule has 1 rings (SSSR count). The van der Waals surface area contributed by atoms with Crippen LogP contribution in [-0.2, 0) is 5.75 Å². The summed E-state index contributed by atoms with van der Waals surface area (Å²) in [4.78, 5) is 4.14. The molecule has 0 spiro atoms. The molecule has 72 valence electrons. The van der Waals surface area contributed by atoms with E-state index in [2.05, 4.69) is 24.9 Å². The van der Waals surface area contributed by atoms with Gasteiger partial charge in [0.05, 0.1) is 0 Å². The van der Waals surface area contributed by atoms with Crippen molar-refractivity contribution in [1.29, 1.82) is 0 Å². The molecule has 0 aliphatic heterocycles. The summed E-state index contributed by atoms with van der Waals surface area (Å²) in [6.07, 6.45) is 3.80.